The first-order valence-electron chi connectivity index (χ1n) is 7.00. The van der Waals surface area contributed by atoms with Gasteiger partial charge in [0.05, 0.1) is 13.5 Å². The van der Waals surface area contributed by atoms with Gasteiger partial charge in [0.2, 0.25) is 0 Å². The molecule has 0 aromatic heterocycles. The maximum absolute atomic E-state index is 11.9. The first-order chi connectivity index (χ1) is 9.17. The molecule has 1 aliphatic carbocycles. The summed E-state index contributed by atoms with van der Waals surface area (Å²) in [6, 6.07) is 7.57. The molecular formula is C16H22O3. The molecule has 1 aromatic rings. The van der Waals surface area contributed by atoms with Crippen LogP contribution in [0.4, 0.5) is 0 Å². The van der Waals surface area contributed by atoms with Crippen molar-refractivity contribution in [1.29, 1.82) is 0 Å². The molecule has 0 heterocycles. The van der Waals surface area contributed by atoms with Gasteiger partial charge in [-0.2, -0.15) is 0 Å². The fraction of sp³-hybridized carbons (Fsp3) is 0.562. The predicted molar refractivity (Wildman–Crippen MR) is 74.2 cm³/mol. The molecule has 0 saturated heterocycles. The Kier molecular flexibility index (Phi) is 4.83. The molecule has 0 spiro atoms. The van der Waals surface area contributed by atoms with Crippen molar-refractivity contribution in [2.45, 2.75) is 45.1 Å². The topological polar surface area (TPSA) is 35.5 Å². The smallest absolute Gasteiger partial charge is 0.310 e. The van der Waals surface area contributed by atoms with Gasteiger partial charge in [-0.15, -0.1) is 0 Å². The zero-order valence-electron chi connectivity index (χ0n) is 11.7. The fourth-order valence-corrected chi connectivity index (χ4v) is 2.66. The summed E-state index contributed by atoms with van der Waals surface area (Å²) < 4.78 is 10.7. The zero-order valence-corrected chi connectivity index (χ0v) is 11.7. The van der Waals surface area contributed by atoms with Crippen LogP contribution in [0.25, 0.3) is 0 Å². The summed E-state index contributed by atoms with van der Waals surface area (Å²) in [6.07, 6.45) is 4.87. The third-order valence-corrected chi connectivity index (χ3v) is 3.67. The van der Waals surface area contributed by atoms with Crippen LogP contribution in [-0.4, -0.2) is 19.2 Å². The first-order valence-corrected chi connectivity index (χ1v) is 7.00. The molecule has 2 unspecified atom stereocenters. The molecule has 3 heteroatoms. The van der Waals surface area contributed by atoms with Crippen LogP contribution in [0, 0.1) is 5.92 Å². The van der Waals surface area contributed by atoms with Crippen molar-refractivity contribution in [3.63, 3.8) is 0 Å². The van der Waals surface area contributed by atoms with Gasteiger partial charge in [-0.3, -0.25) is 4.79 Å². The van der Waals surface area contributed by atoms with Crippen LogP contribution < -0.4 is 4.74 Å². The van der Waals surface area contributed by atoms with E-state index < -0.39 is 0 Å². The Morgan fingerprint density at radius 2 is 2.21 bits per heavy atom. The first kappa shape index (κ1) is 13.9. The summed E-state index contributed by atoms with van der Waals surface area (Å²) in [5, 5.41) is 0. The van der Waals surface area contributed by atoms with Crippen molar-refractivity contribution >= 4 is 5.97 Å². The number of benzene rings is 1. The van der Waals surface area contributed by atoms with Crippen LogP contribution in [0.3, 0.4) is 0 Å². The van der Waals surface area contributed by atoms with E-state index in [0.29, 0.717) is 12.3 Å². The van der Waals surface area contributed by atoms with Crippen molar-refractivity contribution < 1.29 is 14.3 Å². The van der Waals surface area contributed by atoms with Gasteiger partial charge in [0.1, 0.15) is 11.9 Å². The van der Waals surface area contributed by atoms with Gasteiger partial charge < -0.3 is 9.47 Å². The number of hydrogen-bond acceptors (Lipinski definition) is 3. The highest BCUT2D eigenvalue weighted by Crippen LogP contribution is 2.26. The second kappa shape index (κ2) is 6.60. The Hall–Kier alpha value is -1.51. The molecule has 19 heavy (non-hydrogen) atoms. The Morgan fingerprint density at radius 1 is 1.37 bits per heavy atom. The number of hydrogen-bond donors (Lipinski definition) is 0. The fourth-order valence-electron chi connectivity index (χ4n) is 2.66. The number of carbonyl (C=O) groups is 1. The van der Waals surface area contributed by atoms with E-state index in [1.807, 2.05) is 24.3 Å². The van der Waals surface area contributed by atoms with Crippen molar-refractivity contribution in [3.8, 4) is 5.75 Å². The second-order valence-electron chi connectivity index (χ2n) is 5.41. The summed E-state index contributed by atoms with van der Waals surface area (Å²) >= 11 is 0. The molecule has 2 atom stereocenters. The summed E-state index contributed by atoms with van der Waals surface area (Å²) in [7, 11) is 1.63. The quantitative estimate of drug-likeness (QED) is 0.780. The molecule has 1 aliphatic rings. The lowest BCUT2D eigenvalue weighted by molar-refractivity contribution is -0.150. The number of carbonyl (C=O) groups excluding carboxylic acids is 1. The maximum atomic E-state index is 11.9. The molecule has 0 radical (unpaired) electrons. The van der Waals surface area contributed by atoms with E-state index in [4.69, 9.17) is 9.47 Å². The van der Waals surface area contributed by atoms with Crippen LogP contribution in [0.1, 0.15) is 38.2 Å². The van der Waals surface area contributed by atoms with E-state index in [1.54, 1.807) is 7.11 Å². The van der Waals surface area contributed by atoms with Crippen molar-refractivity contribution in [1.82, 2.24) is 0 Å². The van der Waals surface area contributed by atoms with E-state index in [1.165, 1.54) is 6.42 Å². The SMILES string of the molecule is COc1cccc(CC(=O)OC2CCCC(C)C2)c1. The van der Waals surface area contributed by atoms with E-state index in [0.717, 1.165) is 30.6 Å². The Labute approximate surface area is 114 Å². The molecule has 0 N–H and O–H groups in total. The Bertz CT molecular complexity index is 428. The molecule has 0 amide bonds. The van der Waals surface area contributed by atoms with Crippen molar-refractivity contribution in [3.05, 3.63) is 29.8 Å². The van der Waals surface area contributed by atoms with Gasteiger partial charge in [-0.05, 0) is 42.9 Å². The molecule has 104 valence electrons. The average molecular weight is 262 g/mol. The molecule has 0 bridgehead atoms. The second-order valence-corrected chi connectivity index (χ2v) is 5.41. The molecule has 2 rings (SSSR count). The van der Waals surface area contributed by atoms with Crippen molar-refractivity contribution in [2.24, 2.45) is 5.92 Å². The highest BCUT2D eigenvalue weighted by molar-refractivity contribution is 5.72. The van der Waals surface area contributed by atoms with Gasteiger partial charge in [0.25, 0.3) is 0 Å². The monoisotopic (exact) mass is 262 g/mol. The number of rotatable bonds is 4. The normalized spacial score (nSPS) is 22.8. The van der Waals surface area contributed by atoms with Gasteiger partial charge in [-0.25, -0.2) is 0 Å². The minimum absolute atomic E-state index is 0.113. The number of ether oxygens (including phenoxy) is 2. The predicted octanol–water partition coefficient (Wildman–Crippen LogP) is 3.36. The summed E-state index contributed by atoms with van der Waals surface area (Å²) in [6.45, 7) is 2.22. The number of methoxy groups -OCH3 is 1. The van der Waals surface area contributed by atoms with Crippen LogP contribution in [0.5, 0.6) is 5.75 Å². The van der Waals surface area contributed by atoms with Gasteiger partial charge in [0, 0.05) is 0 Å². The lowest BCUT2D eigenvalue weighted by atomic mass is 9.89. The van der Waals surface area contributed by atoms with Crippen LogP contribution in [0.15, 0.2) is 24.3 Å². The van der Waals surface area contributed by atoms with Crippen molar-refractivity contribution in [2.75, 3.05) is 7.11 Å². The van der Waals surface area contributed by atoms with E-state index in [-0.39, 0.29) is 12.1 Å². The maximum Gasteiger partial charge on any atom is 0.310 e. The zero-order chi connectivity index (χ0) is 13.7. The molecule has 1 saturated carbocycles. The summed E-state index contributed by atoms with van der Waals surface area (Å²) in [4.78, 5) is 11.9. The molecule has 1 fully saturated rings. The van der Waals surface area contributed by atoms with Gasteiger partial charge >= 0.3 is 5.97 Å². The molecule has 0 aliphatic heterocycles. The minimum Gasteiger partial charge on any atom is -0.497 e. The molecule has 1 aromatic carbocycles. The van der Waals surface area contributed by atoms with Gasteiger partial charge in [-0.1, -0.05) is 25.5 Å². The Balaban J connectivity index is 1.86. The largest absolute Gasteiger partial charge is 0.497 e. The van der Waals surface area contributed by atoms with Gasteiger partial charge in [0.15, 0.2) is 0 Å². The lowest BCUT2D eigenvalue weighted by Crippen LogP contribution is -2.25. The summed E-state index contributed by atoms with van der Waals surface area (Å²) in [5.41, 5.74) is 0.938. The van der Waals surface area contributed by atoms with E-state index in [2.05, 4.69) is 6.92 Å². The molecular weight excluding hydrogens is 240 g/mol. The minimum atomic E-state index is -0.132. The Morgan fingerprint density at radius 3 is 2.95 bits per heavy atom. The lowest BCUT2D eigenvalue weighted by Gasteiger charge is -2.26. The van der Waals surface area contributed by atoms with Crippen LogP contribution in [-0.2, 0) is 16.0 Å². The third kappa shape index (κ3) is 4.27. The van der Waals surface area contributed by atoms with E-state index in [9.17, 15) is 4.79 Å². The standard InChI is InChI=1S/C16H22O3/c1-12-5-3-8-15(9-12)19-16(17)11-13-6-4-7-14(10-13)18-2/h4,6-7,10,12,15H,3,5,8-9,11H2,1-2H3. The summed E-state index contributed by atoms with van der Waals surface area (Å²) in [5.74, 6) is 1.31. The average Bonchev–Trinajstić information content (AvgIpc) is 2.38. The van der Waals surface area contributed by atoms with E-state index >= 15 is 0 Å². The van der Waals surface area contributed by atoms with Crippen LogP contribution >= 0.6 is 0 Å². The highest BCUT2D eigenvalue weighted by atomic mass is 16.5. The number of esters is 1. The highest BCUT2D eigenvalue weighted by Gasteiger charge is 2.22. The third-order valence-electron chi connectivity index (χ3n) is 3.67. The molecule has 3 nitrogen and oxygen atoms in total. The van der Waals surface area contributed by atoms with Crippen LogP contribution in [0.2, 0.25) is 0 Å².